The van der Waals surface area contributed by atoms with Crippen LogP contribution < -0.4 is 4.74 Å². The molecule has 1 unspecified atom stereocenters. The average molecular weight is 440 g/mol. The minimum Gasteiger partial charge on any atom is -0.503 e. The highest BCUT2D eigenvalue weighted by Gasteiger charge is 2.45. The summed E-state index contributed by atoms with van der Waals surface area (Å²) in [6.07, 6.45) is 1.59. The quantitative estimate of drug-likeness (QED) is 0.440. The molecular formula is C26H20N2O5. The van der Waals surface area contributed by atoms with Crippen molar-refractivity contribution in [3.63, 3.8) is 0 Å². The number of ether oxygens (including phenoxy) is 1. The first kappa shape index (κ1) is 20.5. The largest absolute Gasteiger partial charge is 0.503 e. The molecule has 0 saturated heterocycles. The van der Waals surface area contributed by atoms with Crippen LogP contribution in [0.2, 0.25) is 0 Å². The fraction of sp³-hybridized carbons (Fsp3) is 0.115. The highest BCUT2D eigenvalue weighted by Crippen LogP contribution is 2.39. The number of benzene rings is 2. The summed E-state index contributed by atoms with van der Waals surface area (Å²) in [6.45, 7) is 0.172. The molecule has 33 heavy (non-hydrogen) atoms. The molecule has 1 atom stereocenters. The number of carbonyl (C=O) groups excluding carboxylic acids is 2. The summed E-state index contributed by atoms with van der Waals surface area (Å²) >= 11 is 0. The number of aliphatic hydroxyl groups is 1. The zero-order chi connectivity index (χ0) is 22.9. The van der Waals surface area contributed by atoms with Gasteiger partial charge in [-0.25, -0.2) is 0 Å². The summed E-state index contributed by atoms with van der Waals surface area (Å²) in [6, 6.07) is 20.5. The number of hydrogen-bond acceptors (Lipinski definition) is 6. The van der Waals surface area contributed by atoms with Crippen LogP contribution in [-0.4, -0.2) is 33.8 Å². The Bertz CT molecular complexity index is 1340. The molecule has 1 aliphatic rings. The van der Waals surface area contributed by atoms with E-state index in [1.165, 1.54) is 4.90 Å². The Morgan fingerprint density at radius 1 is 1.09 bits per heavy atom. The molecule has 3 heterocycles. The molecule has 0 spiro atoms. The Morgan fingerprint density at radius 3 is 2.55 bits per heavy atom. The number of para-hydroxylation sites is 1. The number of Topliss-reactive ketones (excluding diaryl/α,β-unsaturated/α-hetero) is 1. The van der Waals surface area contributed by atoms with Crippen LogP contribution in [0.1, 0.15) is 27.9 Å². The Balaban J connectivity index is 1.56. The molecule has 0 fully saturated rings. The number of ketones is 1. The fourth-order valence-corrected chi connectivity index (χ4v) is 4.05. The van der Waals surface area contributed by atoms with Gasteiger partial charge in [-0.3, -0.25) is 14.6 Å². The topological polar surface area (TPSA) is 92.9 Å². The molecule has 0 radical (unpaired) electrons. The zero-order valence-corrected chi connectivity index (χ0v) is 17.8. The van der Waals surface area contributed by atoms with Crippen molar-refractivity contribution in [3.05, 3.63) is 107 Å². The number of methoxy groups -OCH3 is 1. The molecule has 2 aromatic heterocycles. The minimum absolute atomic E-state index is 0.0498. The van der Waals surface area contributed by atoms with E-state index in [0.29, 0.717) is 17.0 Å². The highest BCUT2D eigenvalue weighted by atomic mass is 16.5. The molecule has 5 rings (SSSR count). The van der Waals surface area contributed by atoms with Gasteiger partial charge in [0.25, 0.3) is 5.91 Å². The number of nitrogens with zero attached hydrogens (tertiary/aromatic N) is 2. The van der Waals surface area contributed by atoms with E-state index in [0.717, 1.165) is 10.9 Å². The smallest absolute Gasteiger partial charge is 0.290 e. The van der Waals surface area contributed by atoms with E-state index in [1.54, 1.807) is 55.8 Å². The van der Waals surface area contributed by atoms with Gasteiger partial charge in [-0.2, -0.15) is 0 Å². The summed E-state index contributed by atoms with van der Waals surface area (Å²) < 4.78 is 10.9. The molecule has 7 nitrogen and oxygen atoms in total. The molecule has 0 bridgehead atoms. The average Bonchev–Trinajstić information content (AvgIpc) is 3.40. The number of pyridine rings is 1. The maximum Gasteiger partial charge on any atom is 0.290 e. The van der Waals surface area contributed by atoms with Crippen LogP contribution in [0.4, 0.5) is 0 Å². The summed E-state index contributed by atoms with van der Waals surface area (Å²) in [5, 5.41) is 11.6. The first-order valence-electron chi connectivity index (χ1n) is 10.4. The summed E-state index contributed by atoms with van der Waals surface area (Å²) in [7, 11) is 1.58. The second-order valence-corrected chi connectivity index (χ2v) is 7.68. The number of aliphatic hydroxyl groups excluding tert-OH is 1. The van der Waals surface area contributed by atoms with Crippen LogP contribution in [0.25, 0.3) is 11.0 Å². The normalized spacial score (nSPS) is 16.0. The number of rotatable bonds is 6. The lowest BCUT2D eigenvalue weighted by molar-refractivity contribution is -0.130. The van der Waals surface area contributed by atoms with Crippen molar-refractivity contribution in [3.8, 4) is 5.75 Å². The number of fused-ring (bicyclic) bond motifs is 1. The molecule has 164 valence electrons. The van der Waals surface area contributed by atoms with Crippen LogP contribution >= 0.6 is 0 Å². The summed E-state index contributed by atoms with van der Waals surface area (Å²) in [5.74, 6) is -1.04. The van der Waals surface area contributed by atoms with E-state index in [4.69, 9.17) is 9.15 Å². The SMILES string of the molecule is COc1ccc(CN2C(=O)C(O)=C(C(=O)c3cc4ccccc4o3)C2c2ccccn2)cc1. The number of aromatic nitrogens is 1. The van der Waals surface area contributed by atoms with Crippen LogP contribution in [0.3, 0.4) is 0 Å². The second-order valence-electron chi connectivity index (χ2n) is 7.68. The third-order valence-corrected chi connectivity index (χ3v) is 5.68. The Labute approximate surface area is 189 Å². The fourth-order valence-electron chi connectivity index (χ4n) is 4.05. The second kappa shape index (κ2) is 8.27. The molecule has 0 saturated carbocycles. The van der Waals surface area contributed by atoms with E-state index in [1.807, 2.05) is 30.3 Å². The lowest BCUT2D eigenvalue weighted by atomic mass is 9.98. The molecule has 1 N–H and O–H groups in total. The molecule has 7 heteroatoms. The van der Waals surface area contributed by atoms with Gasteiger partial charge in [-0.1, -0.05) is 36.4 Å². The molecule has 4 aromatic rings. The van der Waals surface area contributed by atoms with Gasteiger partial charge in [-0.15, -0.1) is 0 Å². The van der Waals surface area contributed by atoms with Crippen LogP contribution in [-0.2, 0) is 11.3 Å². The Morgan fingerprint density at radius 2 is 1.85 bits per heavy atom. The van der Waals surface area contributed by atoms with Crippen molar-refractivity contribution in [2.75, 3.05) is 7.11 Å². The number of carbonyl (C=O) groups is 2. The zero-order valence-electron chi connectivity index (χ0n) is 17.8. The van der Waals surface area contributed by atoms with Gasteiger partial charge >= 0.3 is 0 Å². The predicted molar refractivity (Wildman–Crippen MR) is 121 cm³/mol. The van der Waals surface area contributed by atoms with Gasteiger partial charge < -0.3 is 19.2 Å². The van der Waals surface area contributed by atoms with Crippen LogP contribution in [0.15, 0.2) is 94.7 Å². The molecular weight excluding hydrogens is 420 g/mol. The first-order valence-corrected chi connectivity index (χ1v) is 10.4. The van der Waals surface area contributed by atoms with Gasteiger partial charge in [0.2, 0.25) is 5.78 Å². The monoisotopic (exact) mass is 440 g/mol. The molecule has 1 amide bonds. The maximum atomic E-state index is 13.5. The standard InChI is InChI=1S/C26H20N2O5/c1-32-18-11-9-16(10-12-18)15-28-23(19-7-4-5-13-27-19)22(25(30)26(28)31)24(29)21-14-17-6-2-3-8-20(17)33-21/h2-14,23,30H,15H2,1H3. The first-order chi connectivity index (χ1) is 16.1. The third kappa shape index (κ3) is 3.63. The van der Waals surface area contributed by atoms with Gasteiger partial charge in [-0.05, 0) is 42.0 Å². The maximum absolute atomic E-state index is 13.5. The Kier molecular flexibility index (Phi) is 5.14. The van der Waals surface area contributed by atoms with Crippen LogP contribution in [0, 0.1) is 0 Å². The van der Waals surface area contributed by atoms with Crippen molar-refractivity contribution in [1.29, 1.82) is 0 Å². The van der Waals surface area contributed by atoms with Gasteiger partial charge in [0.15, 0.2) is 11.5 Å². The van der Waals surface area contributed by atoms with Gasteiger partial charge in [0, 0.05) is 18.1 Å². The predicted octanol–water partition coefficient (Wildman–Crippen LogP) is 4.61. The third-order valence-electron chi connectivity index (χ3n) is 5.68. The minimum atomic E-state index is -0.860. The number of furan rings is 1. The van der Waals surface area contributed by atoms with Gasteiger partial charge in [0.05, 0.1) is 18.4 Å². The van der Waals surface area contributed by atoms with Crippen molar-refractivity contribution in [2.45, 2.75) is 12.6 Å². The van der Waals surface area contributed by atoms with E-state index < -0.39 is 23.5 Å². The van der Waals surface area contributed by atoms with Crippen LogP contribution in [0.5, 0.6) is 5.75 Å². The molecule has 1 aliphatic heterocycles. The lowest BCUT2D eigenvalue weighted by Crippen LogP contribution is -2.31. The molecule has 2 aromatic carbocycles. The van der Waals surface area contributed by atoms with E-state index in [9.17, 15) is 14.7 Å². The summed E-state index contributed by atoms with van der Waals surface area (Å²) in [4.78, 5) is 32.4. The van der Waals surface area contributed by atoms with Crippen molar-refractivity contribution in [1.82, 2.24) is 9.88 Å². The van der Waals surface area contributed by atoms with E-state index in [2.05, 4.69) is 4.98 Å². The number of hydrogen-bond donors (Lipinski definition) is 1. The number of amides is 1. The van der Waals surface area contributed by atoms with E-state index in [-0.39, 0.29) is 17.9 Å². The van der Waals surface area contributed by atoms with Crippen molar-refractivity contribution < 1.29 is 23.8 Å². The van der Waals surface area contributed by atoms with Gasteiger partial charge in [0.1, 0.15) is 17.4 Å². The van der Waals surface area contributed by atoms with Crippen molar-refractivity contribution >= 4 is 22.7 Å². The Hall–Kier alpha value is -4.39. The molecule has 0 aliphatic carbocycles. The lowest BCUT2D eigenvalue weighted by Gasteiger charge is -2.26. The highest BCUT2D eigenvalue weighted by molar-refractivity contribution is 6.15. The summed E-state index contributed by atoms with van der Waals surface area (Å²) in [5.41, 5.74) is 1.79. The van der Waals surface area contributed by atoms with Crippen molar-refractivity contribution in [2.24, 2.45) is 0 Å². The van der Waals surface area contributed by atoms with E-state index >= 15 is 0 Å².